The van der Waals surface area contributed by atoms with Crippen molar-refractivity contribution in [1.82, 2.24) is 9.50 Å². The van der Waals surface area contributed by atoms with Gasteiger partial charge in [0, 0.05) is 17.7 Å². The van der Waals surface area contributed by atoms with E-state index in [4.69, 9.17) is 23.6 Å². The van der Waals surface area contributed by atoms with Crippen molar-refractivity contribution in [3.8, 4) is 16.9 Å². The predicted molar refractivity (Wildman–Crippen MR) is 86.9 cm³/mol. The molecule has 0 saturated carbocycles. The van der Waals surface area contributed by atoms with Crippen molar-refractivity contribution in [1.29, 1.82) is 0 Å². The molecule has 0 unspecified atom stereocenters. The molecule has 0 aliphatic heterocycles. The Bertz CT molecular complexity index is 1030. The summed E-state index contributed by atoms with van der Waals surface area (Å²) in [5.41, 5.74) is 5.37. The number of hydrogen-bond donors (Lipinski definition) is 0. The topological polar surface area (TPSA) is 113 Å². The summed E-state index contributed by atoms with van der Waals surface area (Å²) in [5.74, 6) is 0. The number of aryl methyl sites for hydroxylation is 1. The summed E-state index contributed by atoms with van der Waals surface area (Å²) in [6.07, 6.45) is 2.06. The molecule has 0 saturated heterocycles. The molecule has 2 aromatic heterocycles. The standard InChI is InChI=1S/C19H16N3.ClHO4/c1-15-14-18(16-8-4-2-5-9-16)20-19-12-13-21(22(15)19)17-10-6-3-7-11-17;2-1(3,4)5/h2-14H,1H3;(H,2,3,4,5)/q+1;/p-1. The van der Waals surface area contributed by atoms with Crippen LogP contribution in [0.1, 0.15) is 5.69 Å². The van der Waals surface area contributed by atoms with Gasteiger partial charge in [0.05, 0.1) is 17.5 Å². The minimum absolute atomic E-state index is 0.947. The lowest BCUT2D eigenvalue weighted by atomic mass is 10.1. The lowest BCUT2D eigenvalue weighted by Gasteiger charge is -2.17. The number of aromatic nitrogens is 3. The summed E-state index contributed by atoms with van der Waals surface area (Å²) >= 11 is 0. The number of halogens is 1. The summed E-state index contributed by atoms with van der Waals surface area (Å²) in [4.78, 5) is 4.79. The van der Waals surface area contributed by atoms with Crippen LogP contribution in [0.15, 0.2) is 79.0 Å². The third-order valence-corrected chi connectivity index (χ3v) is 3.80. The largest absolute Gasteiger partial charge is 0.236 e. The molecule has 0 spiro atoms. The first kappa shape index (κ1) is 19.0. The van der Waals surface area contributed by atoms with E-state index in [9.17, 15) is 0 Å². The van der Waals surface area contributed by atoms with E-state index >= 15 is 0 Å². The molecule has 27 heavy (non-hydrogen) atoms. The number of rotatable bonds is 2. The van der Waals surface area contributed by atoms with Gasteiger partial charge in [0.2, 0.25) is 17.5 Å². The molecule has 0 N–H and O–H groups in total. The van der Waals surface area contributed by atoms with Gasteiger partial charge >= 0.3 is 0 Å². The molecular weight excluding hydrogens is 370 g/mol. The summed E-state index contributed by atoms with van der Waals surface area (Å²) in [6.45, 7) is 2.11. The van der Waals surface area contributed by atoms with E-state index in [2.05, 4.69) is 52.6 Å². The quantitative estimate of drug-likeness (QED) is 0.403. The van der Waals surface area contributed by atoms with Crippen LogP contribution in [-0.2, 0) is 0 Å². The van der Waals surface area contributed by atoms with Crippen molar-refractivity contribution in [3.05, 3.63) is 84.7 Å². The maximum Gasteiger partial charge on any atom is 0.236 e. The Hall–Kier alpha value is -2.81. The number of para-hydroxylation sites is 1. The van der Waals surface area contributed by atoms with Crippen molar-refractivity contribution in [2.75, 3.05) is 0 Å². The van der Waals surface area contributed by atoms with Gasteiger partial charge in [-0.2, -0.15) is 0 Å². The summed E-state index contributed by atoms with van der Waals surface area (Å²) in [6, 6.07) is 24.8. The van der Waals surface area contributed by atoms with E-state index in [0.717, 1.165) is 28.3 Å². The van der Waals surface area contributed by atoms with Crippen LogP contribution < -0.4 is 23.3 Å². The SMILES string of the molecule is Cc1cc(-c2ccccc2)nc2cc[n+](-c3ccccc3)n12.[O-][Cl+3]([O-])([O-])[O-]. The van der Waals surface area contributed by atoms with Crippen LogP contribution in [0.3, 0.4) is 0 Å². The Morgan fingerprint density at radius 2 is 1.41 bits per heavy atom. The number of fused-ring (bicyclic) bond motifs is 1. The molecule has 2 heterocycles. The average molecular weight is 386 g/mol. The first-order valence-electron chi connectivity index (χ1n) is 7.96. The van der Waals surface area contributed by atoms with Crippen molar-refractivity contribution in [2.24, 2.45) is 0 Å². The molecule has 0 atom stereocenters. The fourth-order valence-electron chi connectivity index (χ4n) is 2.77. The van der Waals surface area contributed by atoms with E-state index < -0.39 is 10.2 Å². The van der Waals surface area contributed by atoms with Crippen LogP contribution in [0.2, 0.25) is 0 Å². The van der Waals surface area contributed by atoms with Crippen molar-refractivity contribution in [3.63, 3.8) is 0 Å². The Morgan fingerprint density at radius 1 is 0.852 bits per heavy atom. The van der Waals surface area contributed by atoms with E-state index in [1.54, 1.807) is 0 Å². The maximum atomic E-state index is 8.49. The molecule has 0 bridgehead atoms. The van der Waals surface area contributed by atoms with Crippen molar-refractivity contribution < 1.29 is 33.6 Å². The van der Waals surface area contributed by atoms with Crippen LogP contribution in [0, 0.1) is 17.2 Å². The zero-order valence-corrected chi connectivity index (χ0v) is 15.1. The van der Waals surface area contributed by atoms with E-state index in [1.165, 1.54) is 0 Å². The minimum Gasteiger partial charge on any atom is -0.225 e. The maximum absolute atomic E-state index is 8.49. The van der Waals surface area contributed by atoms with E-state index in [-0.39, 0.29) is 0 Å². The molecule has 0 amide bonds. The van der Waals surface area contributed by atoms with Gasteiger partial charge in [0.25, 0.3) is 0 Å². The molecule has 4 rings (SSSR count). The number of nitrogens with zero attached hydrogens (tertiary/aromatic N) is 3. The summed E-state index contributed by atoms with van der Waals surface area (Å²) < 4.78 is 38.2. The van der Waals surface area contributed by atoms with Crippen LogP contribution in [0.5, 0.6) is 0 Å². The van der Waals surface area contributed by atoms with Gasteiger partial charge < -0.3 is 0 Å². The van der Waals surface area contributed by atoms with Gasteiger partial charge in [-0.15, -0.1) is 14.8 Å². The zero-order chi connectivity index (χ0) is 19.4. The molecule has 2 aromatic carbocycles. The third-order valence-electron chi connectivity index (χ3n) is 3.80. The first-order chi connectivity index (χ1) is 12.8. The molecule has 138 valence electrons. The monoisotopic (exact) mass is 385 g/mol. The van der Waals surface area contributed by atoms with Gasteiger partial charge in [0.1, 0.15) is 0 Å². The molecule has 0 radical (unpaired) electrons. The highest BCUT2D eigenvalue weighted by Gasteiger charge is 2.16. The molecule has 7 nitrogen and oxygen atoms in total. The Morgan fingerprint density at radius 3 is 2.00 bits per heavy atom. The molecule has 0 fully saturated rings. The average Bonchev–Trinajstić information content (AvgIpc) is 3.06. The van der Waals surface area contributed by atoms with Gasteiger partial charge in [0.15, 0.2) is 0 Å². The Kier molecular flexibility index (Phi) is 5.50. The van der Waals surface area contributed by atoms with Gasteiger partial charge in [-0.3, -0.25) is 0 Å². The van der Waals surface area contributed by atoms with Gasteiger partial charge in [-0.25, -0.2) is 23.6 Å². The third kappa shape index (κ3) is 4.88. The Labute approximate surface area is 157 Å². The van der Waals surface area contributed by atoms with Gasteiger partial charge in [-0.1, -0.05) is 53.2 Å². The van der Waals surface area contributed by atoms with Crippen LogP contribution >= 0.6 is 0 Å². The molecule has 0 aliphatic carbocycles. The van der Waals surface area contributed by atoms with E-state index in [0.29, 0.717) is 0 Å². The normalized spacial score (nSPS) is 11.1. The molecule has 4 aromatic rings. The second kappa shape index (κ2) is 7.83. The second-order valence-corrected chi connectivity index (χ2v) is 6.45. The second-order valence-electron chi connectivity index (χ2n) is 5.69. The number of hydrogen-bond acceptors (Lipinski definition) is 5. The lowest BCUT2D eigenvalue weighted by Crippen LogP contribution is -2.68. The fraction of sp³-hybridized carbons (Fsp3) is 0.0526. The van der Waals surface area contributed by atoms with Crippen molar-refractivity contribution in [2.45, 2.75) is 6.92 Å². The smallest absolute Gasteiger partial charge is 0.225 e. The number of benzene rings is 2. The lowest BCUT2D eigenvalue weighted by molar-refractivity contribution is -2.00. The van der Waals surface area contributed by atoms with Crippen LogP contribution in [0.4, 0.5) is 0 Å². The highest BCUT2D eigenvalue weighted by molar-refractivity contribution is 5.61. The fourth-order valence-corrected chi connectivity index (χ4v) is 2.77. The summed E-state index contributed by atoms with van der Waals surface area (Å²) in [5, 5.41) is 0. The van der Waals surface area contributed by atoms with Gasteiger partial charge in [-0.05, 0) is 13.0 Å². The molecule has 0 aliphatic rings. The highest BCUT2D eigenvalue weighted by Crippen LogP contribution is 2.19. The van der Waals surface area contributed by atoms with Crippen molar-refractivity contribution >= 4 is 5.65 Å². The van der Waals surface area contributed by atoms with Crippen LogP contribution in [-0.4, -0.2) is 9.50 Å². The predicted octanol–water partition coefficient (Wildman–Crippen LogP) is -1.17. The molecular formula is C19H16ClN3O4. The zero-order valence-electron chi connectivity index (χ0n) is 14.4. The first-order valence-corrected chi connectivity index (χ1v) is 9.20. The van der Waals surface area contributed by atoms with Crippen LogP contribution in [0.25, 0.3) is 22.6 Å². The highest BCUT2D eigenvalue weighted by atomic mass is 35.7. The molecule has 8 heteroatoms. The summed E-state index contributed by atoms with van der Waals surface area (Å²) in [7, 11) is -4.94. The Balaban J connectivity index is 0.000000376. The minimum atomic E-state index is -4.94. The van der Waals surface area contributed by atoms with E-state index in [1.807, 2.05) is 42.5 Å².